The van der Waals surface area contributed by atoms with E-state index < -0.39 is 0 Å². The van der Waals surface area contributed by atoms with Gasteiger partial charge >= 0.3 is 0 Å². The molecule has 2 aromatic carbocycles. The Hall–Kier alpha value is -2.92. The summed E-state index contributed by atoms with van der Waals surface area (Å²) in [6.45, 7) is 4.75. The Morgan fingerprint density at radius 3 is 2.85 bits per heavy atom. The lowest BCUT2D eigenvalue weighted by Gasteiger charge is -2.27. The molecule has 2 heterocycles. The Morgan fingerprint density at radius 2 is 2.07 bits per heavy atom. The van der Waals surface area contributed by atoms with Crippen molar-refractivity contribution in [1.82, 2.24) is 15.2 Å². The summed E-state index contributed by atoms with van der Waals surface area (Å²) < 4.78 is 5.36. The van der Waals surface area contributed by atoms with Gasteiger partial charge in [-0.25, -0.2) is 4.98 Å². The third-order valence-corrected chi connectivity index (χ3v) is 4.91. The quantitative estimate of drug-likeness (QED) is 0.776. The monoisotopic (exact) mass is 361 g/mol. The summed E-state index contributed by atoms with van der Waals surface area (Å²) in [4.78, 5) is 18.9. The normalized spacial score (nSPS) is 15.0. The maximum atomic E-state index is 11.8. The van der Waals surface area contributed by atoms with Gasteiger partial charge in [-0.15, -0.1) is 0 Å². The van der Waals surface area contributed by atoms with E-state index in [0.717, 1.165) is 40.0 Å². The number of hydrogen-bond donors (Lipinski definition) is 1. The number of fused-ring (bicyclic) bond motifs is 1. The van der Waals surface area contributed by atoms with Crippen molar-refractivity contribution >= 4 is 16.8 Å². The third kappa shape index (κ3) is 3.78. The number of nitrogens with zero attached hydrogens (tertiary/aromatic N) is 2. The fraction of sp³-hybridized carbons (Fsp3) is 0.273. The lowest BCUT2D eigenvalue weighted by Crippen LogP contribution is -2.47. The first kappa shape index (κ1) is 17.5. The van der Waals surface area contributed by atoms with E-state index in [-0.39, 0.29) is 5.91 Å². The van der Waals surface area contributed by atoms with Gasteiger partial charge in [-0.1, -0.05) is 23.8 Å². The molecule has 0 saturated carbocycles. The number of hydrogen-bond acceptors (Lipinski definition) is 4. The molecule has 0 radical (unpaired) electrons. The predicted molar refractivity (Wildman–Crippen MR) is 107 cm³/mol. The zero-order valence-electron chi connectivity index (χ0n) is 15.7. The summed E-state index contributed by atoms with van der Waals surface area (Å²) in [6.07, 6.45) is 0. The Kier molecular flexibility index (Phi) is 4.77. The highest BCUT2D eigenvalue weighted by Crippen LogP contribution is 2.29. The van der Waals surface area contributed by atoms with E-state index in [1.807, 2.05) is 18.2 Å². The second-order valence-electron chi connectivity index (χ2n) is 6.98. The molecule has 0 unspecified atom stereocenters. The van der Waals surface area contributed by atoms with Crippen LogP contribution in [0.15, 0.2) is 48.5 Å². The number of ether oxygens (including phenoxy) is 1. The van der Waals surface area contributed by atoms with E-state index in [1.54, 1.807) is 7.11 Å². The minimum Gasteiger partial charge on any atom is -0.497 e. The summed E-state index contributed by atoms with van der Waals surface area (Å²) in [7, 11) is 1.67. The molecule has 4 rings (SSSR count). The van der Waals surface area contributed by atoms with Crippen LogP contribution in [0.25, 0.3) is 22.2 Å². The van der Waals surface area contributed by atoms with Crippen molar-refractivity contribution < 1.29 is 9.53 Å². The Balaban J connectivity index is 1.81. The van der Waals surface area contributed by atoms with Crippen LogP contribution < -0.4 is 10.1 Å². The first-order valence-electron chi connectivity index (χ1n) is 9.16. The van der Waals surface area contributed by atoms with Crippen molar-refractivity contribution in [2.75, 3.05) is 26.7 Å². The van der Waals surface area contributed by atoms with Crippen molar-refractivity contribution in [2.45, 2.75) is 13.5 Å². The molecule has 0 aliphatic carbocycles. The van der Waals surface area contributed by atoms with Gasteiger partial charge in [-0.05, 0) is 36.8 Å². The topological polar surface area (TPSA) is 54.5 Å². The number of amides is 1. The van der Waals surface area contributed by atoms with E-state index in [2.05, 4.69) is 47.5 Å². The summed E-state index contributed by atoms with van der Waals surface area (Å²) in [6, 6.07) is 16.5. The molecule has 1 N–H and O–H groups in total. The Bertz CT molecular complexity index is 1000. The predicted octanol–water partition coefficient (Wildman–Crippen LogP) is 3.15. The molecule has 1 aliphatic heterocycles. The summed E-state index contributed by atoms with van der Waals surface area (Å²) in [5.74, 6) is 0.877. The molecule has 5 heteroatoms. The van der Waals surface area contributed by atoms with Gasteiger partial charge in [-0.2, -0.15) is 0 Å². The number of carbonyl (C=O) groups is 1. The molecule has 0 atom stereocenters. The fourth-order valence-electron chi connectivity index (χ4n) is 3.55. The molecule has 1 fully saturated rings. The average molecular weight is 361 g/mol. The molecule has 5 nitrogen and oxygen atoms in total. The molecular formula is C22H23N3O2. The zero-order valence-corrected chi connectivity index (χ0v) is 15.7. The van der Waals surface area contributed by atoms with E-state index >= 15 is 0 Å². The van der Waals surface area contributed by atoms with Crippen LogP contribution in [0.2, 0.25) is 0 Å². The highest BCUT2D eigenvalue weighted by molar-refractivity contribution is 5.85. The van der Waals surface area contributed by atoms with E-state index in [9.17, 15) is 4.79 Å². The molecule has 1 aromatic heterocycles. The van der Waals surface area contributed by atoms with Crippen LogP contribution in [-0.2, 0) is 11.3 Å². The maximum absolute atomic E-state index is 11.8. The first-order chi connectivity index (χ1) is 13.1. The second kappa shape index (κ2) is 7.37. The lowest BCUT2D eigenvalue weighted by atomic mass is 10.0. The molecule has 27 heavy (non-hydrogen) atoms. The third-order valence-electron chi connectivity index (χ3n) is 4.91. The average Bonchev–Trinajstić information content (AvgIpc) is 2.67. The van der Waals surface area contributed by atoms with Crippen LogP contribution in [0, 0.1) is 6.92 Å². The van der Waals surface area contributed by atoms with E-state index in [1.165, 1.54) is 5.56 Å². The molecule has 1 amide bonds. The molecule has 0 bridgehead atoms. The number of nitrogens with one attached hydrogen (secondary N) is 1. The second-order valence-corrected chi connectivity index (χ2v) is 6.98. The van der Waals surface area contributed by atoms with Crippen LogP contribution in [0.3, 0.4) is 0 Å². The van der Waals surface area contributed by atoms with Gasteiger partial charge in [0.15, 0.2) is 0 Å². The van der Waals surface area contributed by atoms with Gasteiger partial charge < -0.3 is 10.1 Å². The number of piperazine rings is 1. The van der Waals surface area contributed by atoms with Gasteiger partial charge in [0.05, 0.1) is 24.9 Å². The SMILES string of the molecule is COc1ccc2cc(CN3CCNC(=O)C3)c(-c3cccc(C)c3)nc2c1. The molecule has 3 aromatic rings. The van der Waals surface area contributed by atoms with Gasteiger partial charge in [-0.3, -0.25) is 9.69 Å². The van der Waals surface area contributed by atoms with Crippen molar-refractivity contribution in [3.05, 3.63) is 59.7 Å². The molecule has 1 saturated heterocycles. The highest BCUT2D eigenvalue weighted by Gasteiger charge is 2.19. The number of benzene rings is 2. The number of pyridine rings is 1. The smallest absolute Gasteiger partial charge is 0.234 e. The number of aromatic nitrogens is 1. The van der Waals surface area contributed by atoms with E-state index in [4.69, 9.17) is 9.72 Å². The van der Waals surface area contributed by atoms with Crippen LogP contribution in [0.4, 0.5) is 0 Å². The minimum atomic E-state index is 0.0804. The van der Waals surface area contributed by atoms with Crippen molar-refractivity contribution in [3.8, 4) is 17.0 Å². The van der Waals surface area contributed by atoms with Crippen molar-refractivity contribution in [1.29, 1.82) is 0 Å². The summed E-state index contributed by atoms with van der Waals surface area (Å²) >= 11 is 0. The largest absolute Gasteiger partial charge is 0.497 e. The van der Waals surface area contributed by atoms with E-state index in [0.29, 0.717) is 19.6 Å². The molecule has 0 spiro atoms. The standard InChI is InChI=1S/C22H23N3O2/c1-15-4-3-5-17(10-15)22-18(13-25-9-8-23-21(26)14-25)11-16-6-7-19(27-2)12-20(16)24-22/h3-7,10-12H,8-9,13-14H2,1-2H3,(H,23,26). The minimum absolute atomic E-state index is 0.0804. The summed E-state index contributed by atoms with van der Waals surface area (Å²) in [5, 5.41) is 3.96. The maximum Gasteiger partial charge on any atom is 0.234 e. The van der Waals surface area contributed by atoms with Crippen LogP contribution in [0.1, 0.15) is 11.1 Å². The number of rotatable bonds is 4. The Labute approximate surface area is 159 Å². The van der Waals surface area contributed by atoms with Gasteiger partial charge in [0.25, 0.3) is 0 Å². The molecular weight excluding hydrogens is 338 g/mol. The lowest BCUT2D eigenvalue weighted by molar-refractivity contribution is -0.124. The first-order valence-corrected chi connectivity index (χ1v) is 9.16. The van der Waals surface area contributed by atoms with Crippen molar-refractivity contribution in [3.63, 3.8) is 0 Å². The molecule has 138 valence electrons. The van der Waals surface area contributed by atoms with Crippen LogP contribution in [-0.4, -0.2) is 42.5 Å². The van der Waals surface area contributed by atoms with Gasteiger partial charge in [0, 0.05) is 36.7 Å². The number of methoxy groups -OCH3 is 1. The number of carbonyl (C=O) groups excluding carboxylic acids is 1. The van der Waals surface area contributed by atoms with Gasteiger partial charge in [0.2, 0.25) is 5.91 Å². The van der Waals surface area contributed by atoms with Crippen molar-refractivity contribution in [2.24, 2.45) is 0 Å². The zero-order chi connectivity index (χ0) is 18.8. The van der Waals surface area contributed by atoms with Crippen LogP contribution >= 0.6 is 0 Å². The fourth-order valence-corrected chi connectivity index (χ4v) is 3.55. The molecule has 1 aliphatic rings. The Morgan fingerprint density at radius 1 is 1.19 bits per heavy atom. The number of aryl methyl sites for hydroxylation is 1. The summed E-state index contributed by atoms with van der Waals surface area (Å²) in [5.41, 5.74) is 5.30. The highest BCUT2D eigenvalue weighted by atomic mass is 16.5. The van der Waals surface area contributed by atoms with Gasteiger partial charge in [0.1, 0.15) is 5.75 Å². The van der Waals surface area contributed by atoms with Crippen LogP contribution in [0.5, 0.6) is 5.75 Å².